The number of nitrogens with two attached hydrogens (primary N) is 1. The van der Waals surface area contributed by atoms with Gasteiger partial charge < -0.3 is 10.6 Å². The lowest BCUT2D eigenvalue weighted by Crippen LogP contribution is -2.54. The average Bonchev–Trinajstić information content (AvgIpc) is 2.14. The fraction of sp³-hybridized carbons (Fsp3) is 0.923. The molecule has 0 radical (unpaired) electrons. The molecule has 1 rings (SSSR count). The molecule has 1 heterocycles. The SMILES string of the molecule is CC1CCN(C(=O)[C@H](N)C(C)(C)C)C(C)C1. The van der Waals surface area contributed by atoms with E-state index in [4.69, 9.17) is 5.73 Å². The van der Waals surface area contributed by atoms with Gasteiger partial charge in [0.2, 0.25) is 5.91 Å². The second-order valence-corrected chi connectivity index (χ2v) is 6.35. The minimum Gasteiger partial charge on any atom is -0.339 e. The molecule has 2 N–H and O–H groups in total. The van der Waals surface area contributed by atoms with Gasteiger partial charge in [0.05, 0.1) is 6.04 Å². The maximum atomic E-state index is 12.3. The van der Waals surface area contributed by atoms with E-state index in [0.29, 0.717) is 6.04 Å². The largest absolute Gasteiger partial charge is 0.339 e. The number of rotatable bonds is 1. The third kappa shape index (κ3) is 2.97. The summed E-state index contributed by atoms with van der Waals surface area (Å²) in [5.41, 5.74) is 5.88. The highest BCUT2D eigenvalue weighted by Gasteiger charge is 2.34. The van der Waals surface area contributed by atoms with Crippen LogP contribution in [0.25, 0.3) is 0 Å². The van der Waals surface area contributed by atoms with Gasteiger partial charge >= 0.3 is 0 Å². The van der Waals surface area contributed by atoms with Gasteiger partial charge in [-0.2, -0.15) is 0 Å². The first-order chi connectivity index (χ1) is 7.23. The van der Waals surface area contributed by atoms with Crippen LogP contribution < -0.4 is 5.73 Å². The molecule has 0 aromatic heterocycles. The Bertz CT molecular complexity index is 257. The average molecular weight is 226 g/mol. The number of likely N-dealkylation sites (tertiary alicyclic amines) is 1. The van der Waals surface area contributed by atoms with Crippen LogP contribution >= 0.6 is 0 Å². The maximum absolute atomic E-state index is 12.3. The van der Waals surface area contributed by atoms with Crippen molar-refractivity contribution in [2.75, 3.05) is 6.54 Å². The molecule has 3 heteroatoms. The van der Waals surface area contributed by atoms with Crippen LogP contribution in [0.15, 0.2) is 0 Å². The first-order valence-corrected chi connectivity index (χ1v) is 6.29. The molecule has 3 nitrogen and oxygen atoms in total. The summed E-state index contributed by atoms with van der Waals surface area (Å²) < 4.78 is 0. The summed E-state index contributed by atoms with van der Waals surface area (Å²) >= 11 is 0. The van der Waals surface area contributed by atoms with E-state index < -0.39 is 0 Å². The van der Waals surface area contributed by atoms with Gasteiger partial charge in [-0.3, -0.25) is 4.79 Å². The van der Waals surface area contributed by atoms with Gasteiger partial charge in [0.15, 0.2) is 0 Å². The lowest BCUT2D eigenvalue weighted by molar-refractivity contribution is -0.138. The fourth-order valence-electron chi connectivity index (χ4n) is 2.28. The van der Waals surface area contributed by atoms with Crippen LogP contribution in [-0.4, -0.2) is 29.4 Å². The lowest BCUT2D eigenvalue weighted by Gasteiger charge is -2.40. The van der Waals surface area contributed by atoms with Crippen molar-refractivity contribution in [1.82, 2.24) is 4.90 Å². The Labute approximate surface area is 99.4 Å². The summed E-state index contributed by atoms with van der Waals surface area (Å²) in [6, 6.07) is -0.0481. The van der Waals surface area contributed by atoms with E-state index in [1.165, 1.54) is 0 Å². The molecular weight excluding hydrogens is 200 g/mol. The molecule has 1 aliphatic rings. The predicted molar refractivity (Wildman–Crippen MR) is 67.0 cm³/mol. The number of amides is 1. The van der Waals surface area contributed by atoms with E-state index in [1.54, 1.807) is 0 Å². The zero-order valence-electron chi connectivity index (χ0n) is 11.3. The minimum absolute atomic E-state index is 0.118. The van der Waals surface area contributed by atoms with Gasteiger partial charge in [0.1, 0.15) is 0 Å². The second kappa shape index (κ2) is 4.74. The van der Waals surface area contributed by atoms with Crippen molar-refractivity contribution in [3.63, 3.8) is 0 Å². The highest BCUT2D eigenvalue weighted by molar-refractivity contribution is 5.82. The third-order valence-electron chi connectivity index (χ3n) is 3.62. The summed E-state index contributed by atoms with van der Waals surface area (Å²) in [5, 5.41) is 0. The Balaban J connectivity index is 2.67. The van der Waals surface area contributed by atoms with E-state index in [2.05, 4.69) is 13.8 Å². The zero-order valence-corrected chi connectivity index (χ0v) is 11.3. The van der Waals surface area contributed by atoms with Crippen molar-refractivity contribution in [3.8, 4) is 0 Å². The topological polar surface area (TPSA) is 46.3 Å². The Morgan fingerprint density at radius 3 is 2.38 bits per heavy atom. The van der Waals surface area contributed by atoms with Crippen LogP contribution in [0, 0.1) is 11.3 Å². The van der Waals surface area contributed by atoms with Crippen molar-refractivity contribution < 1.29 is 4.79 Å². The van der Waals surface area contributed by atoms with Crippen molar-refractivity contribution >= 4 is 5.91 Å². The molecule has 16 heavy (non-hydrogen) atoms. The van der Waals surface area contributed by atoms with Crippen LogP contribution in [0.5, 0.6) is 0 Å². The normalized spacial score (nSPS) is 29.0. The molecule has 3 atom stereocenters. The molecule has 1 saturated heterocycles. The van der Waals surface area contributed by atoms with Gasteiger partial charge in [-0.25, -0.2) is 0 Å². The first kappa shape index (κ1) is 13.5. The quantitative estimate of drug-likeness (QED) is 0.743. The number of hydrogen-bond donors (Lipinski definition) is 1. The van der Waals surface area contributed by atoms with Crippen LogP contribution in [-0.2, 0) is 4.79 Å². The molecule has 1 amide bonds. The van der Waals surface area contributed by atoms with Gasteiger partial charge in [-0.1, -0.05) is 27.7 Å². The van der Waals surface area contributed by atoms with Crippen molar-refractivity contribution in [3.05, 3.63) is 0 Å². The number of piperidine rings is 1. The Hall–Kier alpha value is -0.570. The smallest absolute Gasteiger partial charge is 0.240 e. The molecule has 0 aliphatic carbocycles. The third-order valence-corrected chi connectivity index (χ3v) is 3.62. The molecule has 1 fully saturated rings. The number of nitrogens with zero attached hydrogens (tertiary/aromatic N) is 1. The van der Waals surface area contributed by atoms with E-state index in [9.17, 15) is 4.79 Å². The maximum Gasteiger partial charge on any atom is 0.240 e. The van der Waals surface area contributed by atoms with Gasteiger partial charge in [-0.05, 0) is 31.1 Å². The van der Waals surface area contributed by atoms with Crippen LogP contribution in [0.3, 0.4) is 0 Å². The van der Waals surface area contributed by atoms with E-state index in [1.807, 2.05) is 25.7 Å². The fourth-order valence-corrected chi connectivity index (χ4v) is 2.28. The molecule has 1 aliphatic heterocycles. The molecule has 0 spiro atoms. The molecule has 94 valence electrons. The first-order valence-electron chi connectivity index (χ1n) is 6.29. The minimum atomic E-state index is -0.386. The molecule has 0 bridgehead atoms. The highest BCUT2D eigenvalue weighted by Crippen LogP contribution is 2.25. The van der Waals surface area contributed by atoms with Crippen molar-refractivity contribution in [2.45, 2.75) is 59.5 Å². The van der Waals surface area contributed by atoms with Gasteiger partial charge in [0.25, 0.3) is 0 Å². The van der Waals surface area contributed by atoms with E-state index in [0.717, 1.165) is 25.3 Å². The number of carbonyl (C=O) groups is 1. The standard InChI is InChI=1S/C13H26N2O/c1-9-6-7-15(10(2)8-9)12(16)11(14)13(3,4)5/h9-11H,6-8,14H2,1-5H3/t9?,10?,11-/m0/s1. The predicted octanol–water partition coefficient (Wildman–Crippen LogP) is 2.01. The number of carbonyl (C=O) groups excluding carboxylic acids is 1. The molecule has 0 aromatic carbocycles. The summed E-state index contributed by atoms with van der Waals surface area (Å²) in [7, 11) is 0. The van der Waals surface area contributed by atoms with Gasteiger partial charge in [-0.15, -0.1) is 0 Å². The molecule has 0 aromatic rings. The molecule has 0 saturated carbocycles. The summed E-state index contributed by atoms with van der Waals surface area (Å²) in [6.45, 7) is 11.3. The Kier molecular flexibility index (Phi) is 4.00. The Morgan fingerprint density at radius 1 is 1.38 bits per heavy atom. The number of hydrogen-bond acceptors (Lipinski definition) is 2. The highest BCUT2D eigenvalue weighted by atomic mass is 16.2. The lowest BCUT2D eigenvalue weighted by atomic mass is 9.85. The summed E-state index contributed by atoms with van der Waals surface area (Å²) in [4.78, 5) is 14.2. The zero-order chi connectivity index (χ0) is 12.5. The van der Waals surface area contributed by atoms with Crippen LogP contribution in [0.4, 0.5) is 0 Å². The Morgan fingerprint density at radius 2 is 1.94 bits per heavy atom. The van der Waals surface area contributed by atoms with E-state index in [-0.39, 0.29) is 17.4 Å². The van der Waals surface area contributed by atoms with Gasteiger partial charge in [0, 0.05) is 12.6 Å². The summed E-state index contributed by atoms with van der Waals surface area (Å²) in [6.07, 6.45) is 2.20. The van der Waals surface area contributed by atoms with E-state index >= 15 is 0 Å². The van der Waals surface area contributed by atoms with Crippen LogP contribution in [0.2, 0.25) is 0 Å². The monoisotopic (exact) mass is 226 g/mol. The molecule has 2 unspecified atom stereocenters. The molecular formula is C13H26N2O. The van der Waals surface area contributed by atoms with Crippen molar-refractivity contribution in [1.29, 1.82) is 0 Å². The van der Waals surface area contributed by atoms with Crippen molar-refractivity contribution in [2.24, 2.45) is 17.1 Å². The second-order valence-electron chi connectivity index (χ2n) is 6.35. The summed E-state index contributed by atoms with van der Waals surface area (Å²) in [5.74, 6) is 0.844. The van der Waals surface area contributed by atoms with Crippen LogP contribution in [0.1, 0.15) is 47.5 Å².